The fourth-order valence-corrected chi connectivity index (χ4v) is 7.07. The van der Waals surface area contributed by atoms with Crippen LogP contribution in [-0.2, 0) is 31.6 Å². The second kappa shape index (κ2) is 14.2. The van der Waals surface area contributed by atoms with E-state index < -0.39 is 35.5 Å². The fourth-order valence-electron chi connectivity index (χ4n) is 4.69. The second-order valence-corrected chi connectivity index (χ2v) is 12.6. The Morgan fingerprint density at radius 3 is 1.66 bits per heavy atom. The summed E-state index contributed by atoms with van der Waals surface area (Å²) in [6, 6.07) is 11.7. The van der Waals surface area contributed by atoms with Gasteiger partial charge < -0.3 is 5.11 Å². The Balaban J connectivity index is 1.64. The van der Waals surface area contributed by atoms with Crippen molar-refractivity contribution in [3.63, 3.8) is 0 Å². The van der Waals surface area contributed by atoms with Gasteiger partial charge in [0, 0.05) is 27.3 Å². The van der Waals surface area contributed by atoms with Crippen molar-refractivity contribution in [1.29, 1.82) is 5.26 Å². The molecule has 0 saturated heterocycles. The number of nitriles is 1. The molecular weight excluding hydrogens is 620 g/mol. The van der Waals surface area contributed by atoms with Crippen LogP contribution in [0, 0.1) is 11.3 Å². The summed E-state index contributed by atoms with van der Waals surface area (Å²) in [5.41, 5.74) is 0.874. The molecule has 0 aliphatic carbocycles. The maximum absolute atomic E-state index is 13.1. The van der Waals surface area contributed by atoms with E-state index in [-0.39, 0.29) is 6.42 Å². The largest absolute Gasteiger partial charge is 0.416 e. The van der Waals surface area contributed by atoms with E-state index in [0.717, 1.165) is 60.5 Å². The third kappa shape index (κ3) is 8.06. The van der Waals surface area contributed by atoms with Gasteiger partial charge in [-0.3, -0.25) is 0 Å². The van der Waals surface area contributed by atoms with E-state index in [9.17, 15) is 36.7 Å². The Kier molecular flexibility index (Phi) is 10.9. The number of aromatic nitrogens is 2. The molecule has 2 heterocycles. The number of aryl methyl sites for hydroxylation is 2. The summed E-state index contributed by atoms with van der Waals surface area (Å²) in [7, 11) is 0. The van der Waals surface area contributed by atoms with Gasteiger partial charge in [-0.2, -0.15) is 31.6 Å². The Labute approximate surface area is 260 Å². The first-order valence-corrected chi connectivity index (χ1v) is 15.9. The molecule has 234 valence electrons. The van der Waals surface area contributed by atoms with E-state index in [1.807, 2.05) is 13.8 Å². The highest BCUT2D eigenvalue weighted by atomic mass is 32.1. The molecule has 4 aromatic rings. The third-order valence-electron chi connectivity index (χ3n) is 7.16. The van der Waals surface area contributed by atoms with Crippen molar-refractivity contribution < 1.29 is 31.4 Å². The van der Waals surface area contributed by atoms with Crippen molar-refractivity contribution in [3.8, 4) is 27.2 Å². The van der Waals surface area contributed by atoms with Gasteiger partial charge in [-0.15, -0.1) is 22.7 Å². The highest BCUT2D eigenvalue weighted by molar-refractivity contribution is 7.15. The average Bonchev–Trinajstić information content (AvgIpc) is 3.59. The number of unbranched alkanes of at least 4 members (excludes halogenated alkanes) is 2. The van der Waals surface area contributed by atoms with Crippen molar-refractivity contribution in [2.45, 2.75) is 83.2 Å². The van der Waals surface area contributed by atoms with Crippen LogP contribution in [0.4, 0.5) is 26.3 Å². The normalized spacial score (nSPS) is 13.5. The van der Waals surface area contributed by atoms with Crippen molar-refractivity contribution in [2.75, 3.05) is 0 Å². The van der Waals surface area contributed by atoms with Crippen molar-refractivity contribution in [3.05, 3.63) is 80.8 Å². The molecule has 0 amide bonds. The van der Waals surface area contributed by atoms with Gasteiger partial charge in [-0.05, 0) is 49.9 Å². The van der Waals surface area contributed by atoms with Gasteiger partial charge in [0.2, 0.25) is 0 Å². The standard InChI is InChI=1S/C32H31F6N3OS2/c1-3-5-7-24-27(43-29(40-24)19-9-13-21(14-10-19)31(33,34)35)17-26(42)23(18-39)28-25(8-6-4-2)41-30(44-28)20-11-15-22(16-12-20)32(36,37)38/h9-16,23,26,42H,3-8,17H2,1-2H3. The lowest BCUT2D eigenvalue weighted by Gasteiger charge is -2.16. The predicted molar refractivity (Wildman–Crippen MR) is 160 cm³/mol. The average molecular weight is 652 g/mol. The van der Waals surface area contributed by atoms with Gasteiger partial charge in [-0.25, -0.2) is 9.97 Å². The first-order chi connectivity index (χ1) is 20.8. The first kappa shape index (κ1) is 33.6. The maximum atomic E-state index is 13.1. The van der Waals surface area contributed by atoms with Gasteiger partial charge in [0.25, 0.3) is 0 Å². The Bertz CT molecular complexity index is 1570. The smallest absolute Gasteiger partial charge is 0.391 e. The van der Waals surface area contributed by atoms with Crippen LogP contribution >= 0.6 is 22.7 Å². The van der Waals surface area contributed by atoms with E-state index >= 15 is 0 Å². The summed E-state index contributed by atoms with van der Waals surface area (Å²) in [5, 5.41) is 22.6. The number of rotatable bonds is 12. The molecular formula is C32H31F6N3OS2. The molecule has 44 heavy (non-hydrogen) atoms. The molecule has 2 unspecified atom stereocenters. The van der Waals surface area contributed by atoms with Crippen LogP contribution in [0.3, 0.4) is 0 Å². The molecule has 1 N–H and O–H groups in total. The Hall–Kier alpha value is -3.27. The van der Waals surface area contributed by atoms with Crippen molar-refractivity contribution >= 4 is 22.7 Å². The third-order valence-corrected chi connectivity index (χ3v) is 9.56. The minimum Gasteiger partial charge on any atom is -0.391 e. The van der Waals surface area contributed by atoms with Gasteiger partial charge >= 0.3 is 12.4 Å². The van der Waals surface area contributed by atoms with E-state index in [0.29, 0.717) is 44.6 Å². The molecule has 0 saturated carbocycles. The zero-order chi connectivity index (χ0) is 32.1. The summed E-state index contributed by atoms with van der Waals surface area (Å²) in [6.45, 7) is 4.04. The first-order valence-electron chi connectivity index (χ1n) is 14.3. The monoisotopic (exact) mass is 651 g/mol. The maximum Gasteiger partial charge on any atom is 0.416 e. The predicted octanol–water partition coefficient (Wildman–Crippen LogP) is 9.87. The van der Waals surface area contributed by atoms with Gasteiger partial charge in [0.1, 0.15) is 15.9 Å². The summed E-state index contributed by atoms with van der Waals surface area (Å²) in [6.07, 6.45) is -5.41. The summed E-state index contributed by atoms with van der Waals surface area (Å²) in [5.74, 6) is -0.946. The zero-order valence-corrected chi connectivity index (χ0v) is 25.7. The molecule has 0 fully saturated rings. The van der Waals surface area contributed by atoms with Crippen LogP contribution in [0.1, 0.15) is 77.7 Å². The van der Waals surface area contributed by atoms with Crippen LogP contribution in [0.2, 0.25) is 0 Å². The molecule has 0 spiro atoms. The molecule has 4 rings (SSSR count). The lowest BCUT2D eigenvalue weighted by molar-refractivity contribution is -0.138. The van der Waals surface area contributed by atoms with E-state index in [2.05, 4.69) is 11.1 Å². The molecule has 12 heteroatoms. The summed E-state index contributed by atoms with van der Waals surface area (Å²) >= 11 is 2.48. The number of benzene rings is 2. The minimum atomic E-state index is -4.46. The van der Waals surface area contributed by atoms with Crippen LogP contribution < -0.4 is 0 Å². The van der Waals surface area contributed by atoms with Crippen molar-refractivity contribution in [1.82, 2.24) is 9.97 Å². The van der Waals surface area contributed by atoms with Crippen LogP contribution in [0.25, 0.3) is 21.1 Å². The molecule has 4 nitrogen and oxygen atoms in total. The number of hydrogen-bond donors (Lipinski definition) is 1. The Morgan fingerprint density at radius 2 is 1.20 bits per heavy atom. The highest BCUT2D eigenvalue weighted by Gasteiger charge is 2.32. The number of nitrogens with zero attached hydrogens (tertiary/aromatic N) is 3. The van der Waals surface area contributed by atoms with Gasteiger partial charge in [0.05, 0.1) is 34.7 Å². The summed E-state index contributed by atoms with van der Waals surface area (Å²) < 4.78 is 78.4. The molecule has 2 atom stereocenters. The molecule has 0 bridgehead atoms. The van der Waals surface area contributed by atoms with Gasteiger partial charge in [0.15, 0.2) is 0 Å². The fraction of sp³-hybridized carbons (Fsp3) is 0.406. The number of aliphatic hydroxyl groups is 1. The van der Waals surface area contributed by atoms with Crippen molar-refractivity contribution in [2.24, 2.45) is 0 Å². The topological polar surface area (TPSA) is 69.8 Å². The zero-order valence-electron chi connectivity index (χ0n) is 24.1. The van der Waals surface area contributed by atoms with E-state index in [4.69, 9.17) is 4.98 Å². The number of thiazole rings is 2. The number of alkyl halides is 6. The van der Waals surface area contributed by atoms with E-state index in [1.54, 1.807) is 0 Å². The van der Waals surface area contributed by atoms with E-state index in [1.165, 1.54) is 46.9 Å². The van der Waals surface area contributed by atoms with Crippen LogP contribution in [-0.4, -0.2) is 21.2 Å². The summed E-state index contributed by atoms with van der Waals surface area (Å²) in [4.78, 5) is 10.7. The lowest BCUT2D eigenvalue weighted by Crippen LogP contribution is -2.20. The quantitative estimate of drug-likeness (QED) is 0.155. The van der Waals surface area contributed by atoms with Gasteiger partial charge in [-0.1, -0.05) is 51.0 Å². The highest BCUT2D eigenvalue weighted by Crippen LogP contribution is 2.39. The number of aliphatic hydroxyl groups excluding tert-OH is 1. The molecule has 2 aromatic heterocycles. The molecule has 0 aliphatic rings. The minimum absolute atomic E-state index is 0.107. The van der Waals surface area contributed by atoms with Crippen LogP contribution in [0.15, 0.2) is 48.5 Å². The molecule has 0 aliphatic heterocycles. The second-order valence-electron chi connectivity index (χ2n) is 10.5. The van der Waals surface area contributed by atoms with Crippen LogP contribution in [0.5, 0.6) is 0 Å². The SMILES string of the molecule is CCCCc1nc(-c2ccc(C(F)(F)F)cc2)sc1CC(O)C(C#N)c1sc(-c2ccc(C(F)(F)F)cc2)nc1CCCC. The lowest BCUT2D eigenvalue weighted by atomic mass is 9.95. The molecule has 2 aromatic carbocycles. The number of halogens is 6. The Morgan fingerprint density at radius 1 is 0.750 bits per heavy atom. The number of hydrogen-bond acceptors (Lipinski definition) is 6. The molecule has 0 radical (unpaired) electrons.